The summed E-state index contributed by atoms with van der Waals surface area (Å²) in [7, 11) is 2.03. The highest BCUT2D eigenvalue weighted by molar-refractivity contribution is 6.04. The van der Waals surface area contributed by atoms with Gasteiger partial charge in [0.25, 0.3) is 5.91 Å². The van der Waals surface area contributed by atoms with Crippen LogP contribution in [0.1, 0.15) is 6.42 Å². The Morgan fingerprint density at radius 3 is 2.75 bits per heavy atom. The Bertz CT molecular complexity index is 398. The summed E-state index contributed by atoms with van der Waals surface area (Å²) in [6, 6.07) is 9.55. The molecule has 0 spiro atoms. The summed E-state index contributed by atoms with van der Waals surface area (Å²) in [5.74, 6) is 0.0118. The Kier molecular flexibility index (Phi) is 3.37. The molecule has 1 aliphatic heterocycles. The van der Waals surface area contributed by atoms with Crippen molar-refractivity contribution < 1.29 is 4.79 Å². The van der Waals surface area contributed by atoms with E-state index < -0.39 is 0 Å². The van der Waals surface area contributed by atoms with E-state index >= 15 is 0 Å². The second kappa shape index (κ2) is 4.94. The van der Waals surface area contributed by atoms with E-state index in [1.165, 1.54) is 0 Å². The number of anilines is 1. The number of carbonyl (C=O) groups is 1. The first kappa shape index (κ1) is 10.9. The molecule has 1 amide bonds. The van der Waals surface area contributed by atoms with Crippen molar-refractivity contribution in [2.45, 2.75) is 6.42 Å². The Morgan fingerprint density at radius 1 is 1.31 bits per heavy atom. The molecule has 0 saturated heterocycles. The van der Waals surface area contributed by atoms with Crippen molar-refractivity contribution in [1.29, 1.82) is 0 Å². The van der Waals surface area contributed by atoms with Crippen molar-refractivity contribution in [3.05, 3.63) is 42.0 Å². The normalized spacial score (nSPS) is 16.7. The molecule has 84 valence electrons. The SMILES string of the molecule is CN1CCC=C(C(=O)Nc2ccccc2)C1. The first-order valence-electron chi connectivity index (χ1n) is 5.49. The molecule has 16 heavy (non-hydrogen) atoms. The molecular formula is C13H16N2O. The van der Waals surface area contributed by atoms with E-state index in [1.54, 1.807) is 0 Å². The predicted octanol–water partition coefficient (Wildman–Crippen LogP) is 1.89. The highest BCUT2D eigenvalue weighted by Crippen LogP contribution is 2.11. The van der Waals surface area contributed by atoms with Crippen molar-refractivity contribution in [2.75, 3.05) is 25.5 Å². The fourth-order valence-electron chi connectivity index (χ4n) is 1.79. The highest BCUT2D eigenvalue weighted by atomic mass is 16.1. The maximum atomic E-state index is 11.9. The van der Waals surface area contributed by atoms with Gasteiger partial charge in [-0.05, 0) is 25.6 Å². The van der Waals surface area contributed by atoms with Crippen molar-refractivity contribution in [3.63, 3.8) is 0 Å². The van der Waals surface area contributed by atoms with Gasteiger partial charge in [0.05, 0.1) is 0 Å². The minimum atomic E-state index is 0.0118. The number of hydrogen-bond acceptors (Lipinski definition) is 2. The first-order valence-corrected chi connectivity index (χ1v) is 5.49. The molecule has 1 aromatic carbocycles. The zero-order valence-electron chi connectivity index (χ0n) is 9.44. The molecule has 1 heterocycles. The number of benzene rings is 1. The average Bonchev–Trinajstić information content (AvgIpc) is 2.30. The van der Waals surface area contributed by atoms with Crippen LogP contribution in [-0.4, -0.2) is 30.9 Å². The largest absolute Gasteiger partial charge is 0.322 e. The van der Waals surface area contributed by atoms with Crippen LogP contribution < -0.4 is 5.32 Å². The maximum Gasteiger partial charge on any atom is 0.252 e. The van der Waals surface area contributed by atoms with Crippen LogP contribution in [0.4, 0.5) is 5.69 Å². The molecular weight excluding hydrogens is 200 g/mol. The summed E-state index contributed by atoms with van der Waals surface area (Å²) in [5, 5.41) is 2.90. The van der Waals surface area contributed by atoms with E-state index in [4.69, 9.17) is 0 Å². The second-order valence-electron chi connectivity index (χ2n) is 4.08. The lowest BCUT2D eigenvalue weighted by Gasteiger charge is -2.22. The Balaban J connectivity index is 2.01. The summed E-state index contributed by atoms with van der Waals surface area (Å²) in [6.45, 7) is 1.76. The number of hydrogen-bond donors (Lipinski definition) is 1. The number of nitrogens with zero attached hydrogens (tertiary/aromatic N) is 1. The molecule has 3 nitrogen and oxygen atoms in total. The minimum Gasteiger partial charge on any atom is -0.322 e. The zero-order chi connectivity index (χ0) is 11.4. The molecule has 2 rings (SSSR count). The number of rotatable bonds is 2. The van der Waals surface area contributed by atoms with Gasteiger partial charge in [-0.3, -0.25) is 4.79 Å². The molecule has 0 unspecified atom stereocenters. The number of amides is 1. The van der Waals surface area contributed by atoms with Gasteiger partial charge in [-0.2, -0.15) is 0 Å². The Hall–Kier alpha value is -1.61. The van der Waals surface area contributed by atoms with Crippen molar-refractivity contribution in [3.8, 4) is 0 Å². The topological polar surface area (TPSA) is 32.3 Å². The number of carbonyl (C=O) groups excluding carboxylic acids is 1. The molecule has 0 radical (unpaired) electrons. The molecule has 0 aliphatic carbocycles. The van der Waals surface area contributed by atoms with E-state index in [1.807, 2.05) is 43.5 Å². The Morgan fingerprint density at radius 2 is 2.06 bits per heavy atom. The van der Waals surface area contributed by atoms with Crippen molar-refractivity contribution >= 4 is 11.6 Å². The maximum absolute atomic E-state index is 11.9. The van der Waals surface area contributed by atoms with E-state index in [-0.39, 0.29) is 5.91 Å². The van der Waals surface area contributed by atoms with Gasteiger partial charge in [0.15, 0.2) is 0 Å². The van der Waals surface area contributed by atoms with Crippen LogP contribution in [0.2, 0.25) is 0 Å². The van der Waals surface area contributed by atoms with Gasteiger partial charge in [-0.15, -0.1) is 0 Å². The lowest BCUT2D eigenvalue weighted by Crippen LogP contribution is -2.30. The van der Waals surface area contributed by atoms with Gasteiger partial charge in [-0.1, -0.05) is 24.3 Å². The summed E-state index contributed by atoms with van der Waals surface area (Å²) < 4.78 is 0. The lowest BCUT2D eigenvalue weighted by atomic mass is 10.1. The van der Waals surface area contributed by atoms with Gasteiger partial charge in [0, 0.05) is 24.4 Å². The van der Waals surface area contributed by atoms with E-state index in [0.717, 1.165) is 30.8 Å². The third kappa shape index (κ3) is 2.70. The molecule has 0 saturated carbocycles. The van der Waals surface area contributed by atoms with Crippen molar-refractivity contribution in [2.24, 2.45) is 0 Å². The summed E-state index contributed by atoms with van der Waals surface area (Å²) in [4.78, 5) is 14.1. The first-order chi connectivity index (χ1) is 7.75. The van der Waals surface area contributed by atoms with E-state index in [0.29, 0.717) is 0 Å². The molecule has 0 atom stereocenters. The van der Waals surface area contributed by atoms with E-state index in [9.17, 15) is 4.79 Å². The highest BCUT2D eigenvalue weighted by Gasteiger charge is 2.15. The van der Waals surface area contributed by atoms with Crippen LogP contribution in [0, 0.1) is 0 Å². The monoisotopic (exact) mass is 216 g/mol. The number of nitrogens with one attached hydrogen (secondary N) is 1. The molecule has 1 aliphatic rings. The van der Waals surface area contributed by atoms with Gasteiger partial charge >= 0.3 is 0 Å². The van der Waals surface area contributed by atoms with Crippen LogP contribution >= 0.6 is 0 Å². The molecule has 0 bridgehead atoms. The van der Waals surface area contributed by atoms with Gasteiger partial charge in [0.2, 0.25) is 0 Å². The van der Waals surface area contributed by atoms with Gasteiger partial charge in [0.1, 0.15) is 0 Å². The van der Waals surface area contributed by atoms with Gasteiger partial charge < -0.3 is 10.2 Å². The summed E-state index contributed by atoms with van der Waals surface area (Å²) in [5.41, 5.74) is 1.71. The fourth-order valence-corrected chi connectivity index (χ4v) is 1.79. The van der Waals surface area contributed by atoms with Crippen LogP contribution in [0.25, 0.3) is 0 Å². The minimum absolute atomic E-state index is 0.0118. The molecule has 1 N–H and O–H groups in total. The van der Waals surface area contributed by atoms with Crippen LogP contribution in [-0.2, 0) is 4.79 Å². The number of likely N-dealkylation sites (N-methyl/N-ethyl adjacent to an activating group) is 1. The summed E-state index contributed by atoms with van der Waals surface area (Å²) >= 11 is 0. The van der Waals surface area contributed by atoms with Gasteiger partial charge in [-0.25, -0.2) is 0 Å². The van der Waals surface area contributed by atoms with Crippen LogP contribution in [0.3, 0.4) is 0 Å². The molecule has 0 fully saturated rings. The Labute approximate surface area is 95.8 Å². The number of para-hydroxylation sites is 1. The average molecular weight is 216 g/mol. The third-order valence-electron chi connectivity index (χ3n) is 2.67. The lowest BCUT2D eigenvalue weighted by molar-refractivity contribution is -0.113. The molecule has 3 heteroatoms. The zero-order valence-corrected chi connectivity index (χ0v) is 9.44. The molecule has 1 aromatic rings. The molecule has 0 aromatic heterocycles. The third-order valence-corrected chi connectivity index (χ3v) is 2.67. The second-order valence-corrected chi connectivity index (χ2v) is 4.08. The standard InChI is InChI=1S/C13H16N2O/c1-15-9-5-6-11(10-15)13(16)14-12-7-3-2-4-8-12/h2-4,6-8H,5,9-10H2,1H3,(H,14,16). The van der Waals surface area contributed by atoms with E-state index in [2.05, 4.69) is 10.2 Å². The smallest absolute Gasteiger partial charge is 0.252 e. The van der Waals surface area contributed by atoms with Crippen molar-refractivity contribution in [1.82, 2.24) is 4.90 Å². The predicted molar refractivity (Wildman–Crippen MR) is 65.3 cm³/mol. The fraction of sp³-hybridized carbons (Fsp3) is 0.308. The quantitative estimate of drug-likeness (QED) is 0.818. The van der Waals surface area contributed by atoms with Crippen LogP contribution in [0.15, 0.2) is 42.0 Å². The van der Waals surface area contributed by atoms with Crippen LogP contribution in [0.5, 0.6) is 0 Å². The summed E-state index contributed by atoms with van der Waals surface area (Å²) in [6.07, 6.45) is 2.98.